The van der Waals surface area contributed by atoms with Crippen LogP contribution in [-0.2, 0) is 10.4 Å². The van der Waals surface area contributed by atoms with Crippen LogP contribution in [0.25, 0.3) is 0 Å². The van der Waals surface area contributed by atoms with Gasteiger partial charge >= 0.3 is 115 Å². The van der Waals surface area contributed by atoms with Gasteiger partial charge in [0.15, 0.2) is 0 Å². The standard InChI is InChI=1S/C10H20O2.CH3NO2.Bi/c1-10(2,3)8-6-4-5-7-9(11)12;2-1(3)4;/h4-8H2,1-3H3,(H,11,12);2H2,(H,3,4);/q;;+2/p-2. The summed E-state index contributed by atoms with van der Waals surface area (Å²) < 4.78 is 9.28. The van der Waals surface area contributed by atoms with E-state index in [4.69, 9.17) is 8.55 Å². The summed E-state index contributed by atoms with van der Waals surface area (Å²) in [5.41, 5.74) is 5.10. The Labute approximate surface area is 115 Å². The van der Waals surface area contributed by atoms with Crippen molar-refractivity contribution in [2.24, 2.45) is 11.1 Å². The molecule has 1 amide bonds. The first-order valence-corrected chi connectivity index (χ1v) is 8.52. The number of hydrogen-bond donors (Lipinski definition) is 1. The van der Waals surface area contributed by atoms with Gasteiger partial charge in [0.25, 0.3) is 0 Å². The zero-order valence-electron chi connectivity index (χ0n) is 10.7. The maximum atomic E-state index is 11.2. The van der Waals surface area contributed by atoms with E-state index in [1.54, 1.807) is 0 Å². The normalized spacial score (nSPS) is 11.0. The van der Waals surface area contributed by atoms with Crippen LogP contribution in [0.4, 0.5) is 4.79 Å². The van der Waals surface area contributed by atoms with E-state index in [-0.39, 0.29) is 5.97 Å². The monoisotopic (exact) mass is 440 g/mol. The minimum atomic E-state index is -1.92. The molecule has 0 aliphatic carbocycles. The van der Waals surface area contributed by atoms with Crippen molar-refractivity contribution in [3.63, 3.8) is 0 Å². The molecule has 0 atom stereocenters. The van der Waals surface area contributed by atoms with Crippen molar-refractivity contribution in [3.8, 4) is 0 Å². The van der Waals surface area contributed by atoms with Gasteiger partial charge in [0, 0.05) is 0 Å². The molecule has 0 spiro atoms. The van der Waals surface area contributed by atoms with E-state index in [0.717, 1.165) is 25.7 Å². The molecule has 99 valence electrons. The number of amides is 1. The topological polar surface area (TPSA) is 78.6 Å². The zero-order valence-corrected chi connectivity index (χ0v) is 14.2. The van der Waals surface area contributed by atoms with E-state index in [0.29, 0.717) is 11.8 Å². The molecule has 0 bridgehead atoms. The van der Waals surface area contributed by atoms with Crippen LogP contribution in [0.1, 0.15) is 52.9 Å². The molecule has 17 heavy (non-hydrogen) atoms. The number of carbonyl (C=O) groups excluding carboxylic acids is 2. The maximum absolute atomic E-state index is 11.2. The summed E-state index contributed by atoms with van der Waals surface area (Å²) in [5.74, 6) is -0.279. The fraction of sp³-hybridized carbons (Fsp3) is 0.818. The number of unbranched alkanes of at least 4 members (excludes halogenated alkanes) is 2. The molecule has 6 heteroatoms. The third-order valence-corrected chi connectivity index (χ3v) is 4.14. The van der Waals surface area contributed by atoms with E-state index < -0.39 is 30.2 Å². The molecule has 0 aliphatic rings. The SMILES string of the molecule is CC(C)(C)CCCCCC(=O)[O][Bi][O]C(N)=O. The van der Waals surface area contributed by atoms with Gasteiger partial charge in [-0.3, -0.25) is 0 Å². The van der Waals surface area contributed by atoms with Gasteiger partial charge in [0.05, 0.1) is 0 Å². The molecule has 0 saturated carbocycles. The number of rotatable bonds is 7. The summed E-state index contributed by atoms with van der Waals surface area (Å²) in [7, 11) is 0. The molecule has 0 heterocycles. The van der Waals surface area contributed by atoms with Gasteiger partial charge in [-0.05, 0) is 0 Å². The Morgan fingerprint density at radius 1 is 1.12 bits per heavy atom. The number of hydrogen-bond acceptors (Lipinski definition) is 4. The van der Waals surface area contributed by atoms with Crippen LogP contribution < -0.4 is 5.73 Å². The molecular formula is C11H21BiNO4. The molecule has 5 nitrogen and oxygen atoms in total. The third-order valence-electron chi connectivity index (χ3n) is 2.07. The van der Waals surface area contributed by atoms with E-state index >= 15 is 0 Å². The van der Waals surface area contributed by atoms with Crippen LogP contribution in [0, 0.1) is 5.41 Å². The fourth-order valence-electron chi connectivity index (χ4n) is 1.24. The van der Waals surface area contributed by atoms with Crippen molar-refractivity contribution >= 4 is 36.2 Å². The number of primary amides is 1. The summed E-state index contributed by atoms with van der Waals surface area (Å²) in [6.45, 7) is 6.61. The first-order chi connectivity index (χ1) is 7.81. The molecule has 0 aromatic carbocycles. The molecule has 0 unspecified atom stereocenters. The zero-order chi connectivity index (χ0) is 13.3. The van der Waals surface area contributed by atoms with Crippen molar-refractivity contribution in [1.29, 1.82) is 0 Å². The van der Waals surface area contributed by atoms with Gasteiger partial charge in [0.2, 0.25) is 0 Å². The predicted molar refractivity (Wildman–Crippen MR) is 65.1 cm³/mol. The van der Waals surface area contributed by atoms with Gasteiger partial charge < -0.3 is 0 Å². The predicted octanol–water partition coefficient (Wildman–Crippen LogP) is 2.16. The van der Waals surface area contributed by atoms with Crippen molar-refractivity contribution in [2.75, 3.05) is 0 Å². The van der Waals surface area contributed by atoms with Gasteiger partial charge in [-0.2, -0.15) is 0 Å². The Morgan fingerprint density at radius 3 is 2.29 bits per heavy atom. The number of nitrogens with two attached hydrogens (primary N) is 1. The number of carbonyl (C=O) groups is 2. The second kappa shape index (κ2) is 8.68. The van der Waals surface area contributed by atoms with E-state index in [1.165, 1.54) is 0 Å². The summed E-state index contributed by atoms with van der Waals surface area (Å²) in [6.07, 6.45) is 3.66. The molecule has 0 aliphatic heterocycles. The minimum absolute atomic E-state index is 0.279. The molecule has 0 aromatic rings. The summed E-state index contributed by atoms with van der Waals surface area (Å²) in [5, 5.41) is 0. The van der Waals surface area contributed by atoms with Crippen molar-refractivity contribution in [1.82, 2.24) is 0 Å². The van der Waals surface area contributed by atoms with Crippen LogP contribution >= 0.6 is 0 Å². The molecule has 0 aromatic heterocycles. The molecule has 0 rings (SSSR count). The molecule has 0 saturated heterocycles. The van der Waals surface area contributed by atoms with Crippen molar-refractivity contribution < 1.29 is 15.2 Å². The Kier molecular flexibility index (Phi) is 8.48. The van der Waals surface area contributed by atoms with Gasteiger partial charge in [-0.15, -0.1) is 0 Å². The second-order valence-electron chi connectivity index (χ2n) is 5.07. The van der Waals surface area contributed by atoms with Crippen LogP contribution in [-0.4, -0.2) is 36.2 Å². The third kappa shape index (κ3) is 13.6. The Morgan fingerprint density at radius 2 is 1.76 bits per heavy atom. The van der Waals surface area contributed by atoms with Crippen LogP contribution in [0.2, 0.25) is 0 Å². The van der Waals surface area contributed by atoms with Crippen LogP contribution in [0.5, 0.6) is 0 Å². The molecule has 1 radical (unpaired) electrons. The van der Waals surface area contributed by atoms with E-state index in [2.05, 4.69) is 23.6 Å². The first kappa shape index (κ1) is 16.6. The fourth-order valence-corrected chi connectivity index (χ4v) is 2.35. The van der Waals surface area contributed by atoms with Gasteiger partial charge in [-0.25, -0.2) is 0 Å². The summed E-state index contributed by atoms with van der Waals surface area (Å²) in [4.78, 5) is 21.4. The molecule has 0 fully saturated rings. The van der Waals surface area contributed by atoms with Crippen molar-refractivity contribution in [3.05, 3.63) is 0 Å². The van der Waals surface area contributed by atoms with Crippen LogP contribution in [0.3, 0.4) is 0 Å². The van der Waals surface area contributed by atoms with Gasteiger partial charge in [0.1, 0.15) is 0 Å². The van der Waals surface area contributed by atoms with Crippen molar-refractivity contribution in [2.45, 2.75) is 52.9 Å². The quantitative estimate of drug-likeness (QED) is 0.486. The van der Waals surface area contributed by atoms with Gasteiger partial charge in [-0.1, -0.05) is 0 Å². The Hall–Kier alpha value is -0.377. The average molecular weight is 440 g/mol. The van der Waals surface area contributed by atoms with Crippen LogP contribution in [0.15, 0.2) is 0 Å². The average Bonchev–Trinajstić information content (AvgIpc) is 2.14. The summed E-state index contributed by atoms with van der Waals surface area (Å²) >= 11 is -1.92. The molecular weight excluding hydrogens is 419 g/mol. The van der Waals surface area contributed by atoms with E-state index in [9.17, 15) is 9.59 Å². The molecule has 2 N–H and O–H groups in total. The summed E-state index contributed by atoms with van der Waals surface area (Å²) in [6, 6.07) is 0. The van der Waals surface area contributed by atoms with E-state index in [1.807, 2.05) is 0 Å². The Bertz CT molecular complexity index is 250. The second-order valence-corrected chi connectivity index (χ2v) is 7.07. The first-order valence-electron chi connectivity index (χ1n) is 5.68. The Balaban J connectivity index is 3.37.